The molecule has 1 unspecified atom stereocenters. The average Bonchev–Trinajstić information content (AvgIpc) is 2.36. The van der Waals surface area contributed by atoms with Crippen molar-refractivity contribution >= 4 is 5.91 Å². The molecule has 1 N–H and O–H groups in total. The van der Waals surface area contributed by atoms with Crippen LogP contribution in [0.15, 0.2) is 24.3 Å². The summed E-state index contributed by atoms with van der Waals surface area (Å²) in [6.07, 6.45) is 2.49. The lowest BCUT2D eigenvalue weighted by molar-refractivity contribution is -0.121. The van der Waals surface area contributed by atoms with Crippen molar-refractivity contribution in [1.82, 2.24) is 5.32 Å². The molecule has 0 aliphatic carbocycles. The van der Waals surface area contributed by atoms with Gasteiger partial charge < -0.3 is 10.1 Å². The molecule has 0 radical (unpaired) electrons. The summed E-state index contributed by atoms with van der Waals surface area (Å²) in [6, 6.07) is 8.09. The highest BCUT2D eigenvalue weighted by Gasteiger charge is 2.21. The summed E-state index contributed by atoms with van der Waals surface area (Å²) in [6.45, 7) is 3.48. The van der Waals surface area contributed by atoms with Gasteiger partial charge >= 0.3 is 0 Å². The van der Waals surface area contributed by atoms with E-state index in [0.717, 1.165) is 31.7 Å². The lowest BCUT2D eigenvalue weighted by Gasteiger charge is -2.26. The number of hydrogen-bond donors (Lipinski definition) is 1. The molecule has 0 aromatic heterocycles. The highest BCUT2D eigenvalue weighted by molar-refractivity contribution is 5.75. The number of nitrogens with one attached hydrogen (secondary N) is 1. The van der Waals surface area contributed by atoms with E-state index in [2.05, 4.69) is 11.4 Å². The second kappa shape index (κ2) is 5.71. The minimum atomic E-state index is 0.150. The van der Waals surface area contributed by atoms with E-state index < -0.39 is 0 Å². The van der Waals surface area contributed by atoms with E-state index in [1.807, 2.05) is 25.1 Å². The van der Waals surface area contributed by atoms with Crippen LogP contribution in [0.1, 0.15) is 37.7 Å². The fraction of sp³-hybridized carbons (Fsp3) is 0.500. The molecule has 0 bridgehead atoms. The standard InChI is InChI=1S/C14H19NO2/c1-2-5-14(16)15-10-11-8-9-17-13-7-4-3-6-12(11)13/h3-4,6-7,11H,2,5,8-10H2,1H3,(H,15,16). The molecule has 92 valence electrons. The molecule has 1 aromatic carbocycles. The first kappa shape index (κ1) is 12.0. The number of carbonyl (C=O) groups is 1. The van der Waals surface area contributed by atoms with Crippen LogP contribution in [0, 0.1) is 0 Å². The summed E-state index contributed by atoms with van der Waals surface area (Å²) in [5.41, 5.74) is 1.22. The Morgan fingerprint density at radius 3 is 3.12 bits per heavy atom. The number of carbonyl (C=O) groups excluding carboxylic acids is 1. The van der Waals surface area contributed by atoms with Gasteiger partial charge in [-0.3, -0.25) is 4.79 Å². The van der Waals surface area contributed by atoms with Crippen LogP contribution in [0.25, 0.3) is 0 Å². The average molecular weight is 233 g/mol. The highest BCUT2D eigenvalue weighted by Crippen LogP contribution is 2.32. The molecule has 1 aliphatic rings. The third kappa shape index (κ3) is 2.99. The number of para-hydroxylation sites is 1. The van der Waals surface area contributed by atoms with Gasteiger partial charge in [-0.1, -0.05) is 25.1 Å². The molecule has 0 spiro atoms. The molecule has 1 heterocycles. The molecule has 1 amide bonds. The van der Waals surface area contributed by atoms with Crippen molar-refractivity contribution in [2.45, 2.75) is 32.1 Å². The highest BCUT2D eigenvalue weighted by atomic mass is 16.5. The lowest BCUT2D eigenvalue weighted by atomic mass is 9.93. The van der Waals surface area contributed by atoms with Crippen molar-refractivity contribution in [2.24, 2.45) is 0 Å². The van der Waals surface area contributed by atoms with Gasteiger partial charge in [0.2, 0.25) is 5.91 Å². The Morgan fingerprint density at radius 1 is 1.47 bits per heavy atom. The van der Waals surface area contributed by atoms with E-state index in [0.29, 0.717) is 12.3 Å². The van der Waals surface area contributed by atoms with E-state index in [1.54, 1.807) is 0 Å². The topological polar surface area (TPSA) is 38.3 Å². The van der Waals surface area contributed by atoms with Crippen molar-refractivity contribution in [3.63, 3.8) is 0 Å². The first-order valence-corrected chi connectivity index (χ1v) is 6.29. The Kier molecular flexibility index (Phi) is 4.02. The van der Waals surface area contributed by atoms with Crippen LogP contribution in [-0.2, 0) is 4.79 Å². The quantitative estimate of drug-likeness (QED) is 0.867. The van der Waals surface area contributed by atoms with Crippen molar-refractivity contribution in [3.05, 3.63) is 29.8 Å². The van der Waals surface area contributed by atoms with E-state index in [4.69, 9.17) is 4.74 Å². The van der Waals surface area contributed by atoms with Crippen LogP contribution in [0.4, 0.5) is 0 Å². The molecule has 1 atom stereocenters. The number of benzene rings is 1. The molecule has 3 nitrogen and oxygen atoms in total. The van der Waals surface area contributed by atoms with E-state index in [-0.39, 0.29) is 5.91 Å². The van der Waals surface area contributed by atoms with Crippen molar-refractivity contribution < 1.29 is 9.53 Å². The van der Waals surface area contributed by atoms with Gasteiger partial charge in [0, 0.05) is 18.9 Å². The van der Waals surface area contributed by atoms with Crippen LogP contribution in [-0.4, -0.2) is 19.1 Å². The Labute approximate surface area is 102 Å². The van der Waals surface area contributed by atoms with Gasteiger partial charge in [0.15, 0.2) is 0 Å². The Bertz CT molecular complexity index is 390. The zero-order valence-corrected chi connectivity index (χ0v) is 10.2. The van der Waals surface area contributed by atoms with E-state index in [9.17, 15) is 4.79 Å². The summed E-state index contributed by atoms with van der Waals surface area (Å²) >= 11 is 0. The van der Waals surface area contributed by atoms with Gasteiger partial charge in [-0.15, -0.1) is 0 Å². The number of hydrogen-bond acceptors (Lipinski definition) is 2. The van der Waals surface area contributed by atoms with Gasteiger partial charge in [-0.05, 0) is 24.5 Å². The second-order valence-corrected chi connectivity index (χ2v) is 4.43. The summed E-state index contributed by atoms with van der Waals surface area (Å²) in [4.78, 5) is 11.5. The molecular weight excluding hydrogens is 214 g/mol. The smallest absolute Gasteiger partial charge is 0.220 e. The maximum atomic E-state index is 11.5. The summed E-state index contributed by atoms with van der Waals surface area (Å²) in [5.74, 6) is 1.51. The molecule has 1 aromatic rings. The summed E-state index contributed by atoms with van der Waals surface area (Å²) in [5, 5.41) is 3.00. The van der Waals surface area contributed by atoms with Crippen LogP contribution in [0.2, 0.25) is 0 Å². The molecule has 17 heavy (non-hydrogen) atoms. The molecule has 1 aliphatic heterocycles. The Morgan fingerprint density at radius 2 is 2.29 bits per heavy atom. The zero-order chi connectivity index (χ0) is 12.1. The maximum absolute atomic E-state index is 11.5. The predicted molar refractivity (Wildman–Crippen MR) is 67.2 cm³/mol. The largest absolute Gasteiger partial charge is 0.493 e. The fourth-order valence-electron chi connectivity index (χ4n) is 2.18. The van der Waals surface area contributed by atoms with E-state index >= 15 is 0 Å². The lowest BCUT2D eigenvalue weighted by Crippen LogP contribution is -2.30. The Balaban J connectivity index is 1.97. The minimum Gasteiger partial charge on any atom is -0.493 e. The van der Waals surface area contributed by atoms with Crippen molar-refractivity contribution in [3.8, 4) is 5.75 Å². The third-order valence-corrected chi connectivity index (χ3v) is 3.11. The monoisotopic (exact) mass is 233 g/mol. The van der Waals surface area contributed by atoms with Gasteiger partial charge in [0.1, 0.15) is 5.75 Å². The molecule has 0 saturated carbocycles. The van der Waals surface area contributed by atoms with Crippen LogP contribution >= 0.6 is 0 Å². The predicted octanol–water partition coefficient (Wildman–Crippen LogP) is 2.47. The van der Waals surface area contributed by atoms with Gasteiger partial charge in [-0.2, -0.15) is 0 Å². The third-order valence-electron chi connectivity index (χ3n) is 3.11. The van der Waals surface area contributed by atoms with Gasteiger partial charge in [-0.25, -0.2) is 0 Å². The second-order valence-electron chi connectivity index (χ2n) is 4.43. The van der Waals surface area contributed by atoms with Crippen molar-refractivity contribution in [2.75, 3.05) is 13.2 Å². The van der Waals surface area contributed by atoms with Gasteiger partial charge in [0.25, 0.3) is 0 Å². The molecule has 2 rings (SSSR count). The summed E-state index contributed by atoms with van der Waals surface area (Å²) in [7, 11) is 0. The number of amides is 1. The fourth-order valence-corrected chi connectivity index (χ4v) is 2.18. The van der Waals surface area contributed by atoms with Crippen LogP contribution in [0.5, 0.6) is 5.75 Å². The normalized spacial score (nSPS) is 18.1. The van der Waals surface area contributed by atoms with E-state index in [1.165, 1.54) is 5.56 Å². The van der Waals surface area contributed by atoms with Crippen LogP contribution < -0.4 is 10.1 Å². The SMILES string of the molecule is CCCC(=O)NCC1CCOc2ccccc21. The molecule has 0 saturated heterocycles. The number of ether oxygens (including phenoxy) is 1. The van der Waals surface area contributed by atoms with Gasteiger partial charge in [0.05, 0.1) is 6.61 Å². The summed E-state index contributed by atoms with van der Waals surface area (Å²) < 4.78 is 5.60. The number of fused-ring (bicyclic) bond motifs is 1. The maximum Gasteiger partial charge on any atom is 0.220 e. The molecular formula is C14H19NO2. The van der Waals surface area contributed by atoms with Crippen LogP contribution in [0.3, 0.4) is 0 Å². The molecule has 3 heteroatoms. The first-order valence-electron chi connectivity index (χ1n) is 6.29. The molecule has 0 fully saturated rings. The van der Waals surface area contributed by atoms with Crippen molar-refractivity contribution in [1.29, 1.82) is 0 Å². The number of rotatable bonds is 4. The zero-order valence-electron chi connectivity index (χ0n) is 10.2. The Hall–Kier alpha value is -1.51. The minimum absolute atomic E-state index is 0.150. The first-order chi connectivity index (χ1) is 8.31.